The van der Waals surface area contributed by atoms with Crippen molar-refractivity contribution in [2.24, 2.45) is 0 Å². The summed E-state index contributed by atoms with van der Waals surface area (Å²) in [6.45, 7) is 2.12. The van der Waals surface area contributed by atoms with E-state index in [1.165, 1.54) is 0 Å². The minimum atomic E-state index is -0.0380. The Balaban J connectivity index is 1.55. The van der Waals surface area contributed by atoms with Gasteiger partial charge in [0.15, 0.2) is 11.6 Å². The zero-order chi connectivity index (χ0) is 17.8. The second-order valence-electron chi connectivity index (χ2n) is 6.86. The summed E-state index contributed by atoms with van der Waals surface area (Å²) < 4.78 is 6.08. The molecule has 1 aromatic heterocycles. The standard InChI is InChI=1S/C18H26N4O3/c1-20(2)18-15(6-5-9-19-18)25-14-8-11-22(12-14)17(24)13-21-10-4-3-7-16(21)23/h5-6,9,14H,3-4,7-8,10-13H2,1-2H3. The lowest BCUT2D eigenvalue weighted by molar-refractivity contribution is -0.141. The van der Waals surface area contributed by atoms with Crippen LogP contribution in [0.15, 0.2) is 18.3 Å². The van der Waals surface area contributed by atoms with E-state index in [2.05, 4.69) is 4.98 Å². The monoisotopic (exact) mass is 346 g/mol. The van der Waals surface area contributed by atoms with Gasteiger partial charge in [-0.25, -0.2) is 4.98 Å². The largest absolute Gasteiger partial charge is 0.485 e. The molecule has 3 rings (SSSR count). The van der Waals surface area contributed by atoms with E-state index >= 15 is 0 Å². The highest BCUT2D eigenvalue weighted by molar-refractivity contribution is 5.85. The molecule has 2 amide bonds. The van der Waals surface area contributed by atoms with Crippen LogP contribution in [0.3, 0.4) is 0 Å². The molecule has 1 atom stereocenters. The molecule has 2 saturated heterocycles. The van der Waals surface area contributed by atoms with Crippen molar-refractivity contribution in [3.63, 3.8) is 0 Å². The molecule has 0 aliphatic carbocycles. The first-order valence-corrected chi connectivity index (χ1v) is 8.89. The van der Waals surface area contributed by atoms with E-state index in [1.54, 1.807) is 16.0 Å². The lowest BCUT2D eigenvalue weighted by atomic mass is 10.1. The minimum absolute atomic E-state index is 0.0142. The highest BCUT2D eigenvalue weighted by Gasteiger charge is 2.30. The summed E-state index contributed by atoms with van der Waals surface area (Å²) in [5.41, 5.74) is 0. The lowest BCUT2D eigenvalue weighted by Crippen LogP contribution is -2.44. The number of aromatic nitrogens is 1. The second-order valence-corrected chi connectivity index (χ2v) is 6.86. The van der Waals surface area contributed by atoms with Crippen LogP contribution in [0.25, 0.3) is 0 Å². The molecule has 0 saturated carbocycles. The molecule has 2 aliphatic rings. The van der Waals surface area contributed by atoms with Gasteiger partial charge >= 0.3 is 0 Å². The van der Waals surface area contributed by atoms with Crippen molar-refractivity contribution in [3.8, 4) is 5.75 Å². The van der Waals surface area contributed by atoms with Crippen molar-refractivity contribution in [2.75, 3.05) is 45.2 Å². The van der Waals surface area contributed by atoms with Gasteiger partial charge in [0.2, 0.25) is 11.8 Å². The van der Waals surface area contributed by atoms with Crippen LogP contribution in [0.5, 0.6) is 5.75 Å². The van der Waals surface area contributed by atoms with Crippen molar-refractivity contribution < 1.29 is 14.3 Å². The van der Waals surface area contributed by atoms with E-state index in [4.69, 9.17) is 4.74 Å². The summed E-state index contributed by atoms with van der Waals surface area (Å²) in [6.07, 6.45) is 4.97. The van der Waals surface area contributed by atoms with Gasteiger partial charge in [0, 0.05) is 46.2 Å². The Labute approximate surface area is 148 Å². The Kier molecular flexibility index (Phi) is 5.40. The number of nitrogens with zero attached hydrogens (tertiary/aromatic N) is 4. The van der Waals surface area contributed by atoms with Crippen LogP contribution in [0.4, 0.5) is 5.82 Å². The molecule has 7 heteroatoms. The molecular weight excluding hydrogens is 320 g/mol. The van der Waals surface area contributed by atoms with Crippen LogP contribution in [0.2, 0.25) is 0 Å². The SMILES string of the molecule is CN(C)c1ncccc1OC1CCN(C(=O)CN2CCCCC2=O)C1. The summed E-state index contributed by atoms with van der Waals surface area (Å²) >= 11 is 0. The van der Waals surface area contributed by atoms with Crippen LogP contribution in [0.1, 0.15) is 25.7 Å². The number of rotatable bonds is 5. The molecule has 0 bridgehead atoms. The minimum Gasteiger partial charge on any atom is -0.485 e. The van der Waals surface area contributed by atoms with Crippen LogP contribution in [0, 0.1) is 0 Å². The molecule has 2 fully saturated rings. The highest BCUT2D eigenvalue weighted by Crippen LogP contribution is 2.26. The first kappa shape index (κ1) is 17.5. The number of anilines is 1. The van der Waals surface area contributed by atoms with E-state index in [9.17, 15) is 9.59 Å². The molecule has 0 N–H and O–H groups in total. The summed E-state index contributed by atoms with van der Waals surface area (Å²) in [7, 11) is 3.85. The maximum absolute atomic E-state index is 12.5. The number of pyridine rings is 1. The molecule has 25 heavy (non-hydrogen) atoms. The maximum Gasteiger partial charge on any atom is 0.242 e. The Hall–Kier alpha value is -2.31. The zero-order valence-corrected chi connectivity index (χ0v) is 15.0. The van der Waals surface area contributed by atoms with Gasteiger partial charge in [-0.3, -0.25) is 9.59 Å². The molecule has 1 aromatic rings. The van der Waals surface area contributed by atoms with Crippen molar-refractivity contribution in [3.05, 3.63) is 18.3 Å². The molecule has 7 nitrogen and oxygen atoms in total. The number of hydrogen-bond donors (Lipinski definition) is 0. The van der Waals surface area contributed by atoms with Crippen molar-refractivity contribution >= 4 is 17.6 Å². The molecule has 0 aromatic carbocycles. The van der Waals surface area contributed by atoms with Crippen molar-refractivity contribution in [1.82, 2.24) is 14.8 Å². The van der Waals surface area contributed by atoms with E-state index < -0.39 is 0 Å². The maximum atomic E-state index is 12.5. The third-order valence-electron chi connectivity index (χ3n) is 4.71. The fourth-order valence-corrected chi connectivity index (χ4v) is 3.33. The van der Waals surface area contributed by atoms with Gasteiger partial charge in [-0.1, -0.05) is 0 Å². The van der Waals surface area contributed by atoms with Gasteiger partial charge in [-0.15, -0.1) is 0 Å². The van der Waals surface area contributed by atoms with Gasteiger partial charge < -0.3 is 19.4 Å². The number of carbonyl (C=O) groups is 2. The molecule has 3 heterocycles. The van der Waals surface area contributed by atoms with Crippen molar-refractivity contribution in [1.29, 1.82) is 0 Å². The smallest absolute Gasteiger partial charge is 0.242 e. The topological polar surface area (TPSA) is 66.0 Å². The Morgan fingerprint density at radius 2 is 2.20 bits per heavy atom. The first-order valence-electron chi connectivity index (χ1n) is 8.89. The number of likely N-dealkylation sites (tertiary alicyclic amines) is 2. The molecule has 2 aliphatic heterocycles. The number of hydrogen-bond acceptors (Lipinski definition) is 5. The Bertz CT molecular complexity index is 635. The van der Waals surface area contributed by atoms with Gasteiger partial charge in [0.1, 0.15) is 6.10 Å². The quantitative estimate of drug-likeness (QED) is 0.800. The summed E-state index contributed by atoms with van der Waals surface area (Å²) in [4.78, 5) is 34.1. The predicted octanol–water partition coefficient (Wildman–Crippen LogP) is 1.14. The van der Waals surface area contributed by atoms with Crippen LogP contribution < -0.4 is 9.64 Å². The summed E-state index contributed by atoms with van der Waals surface area (Å²) in [5, 5.41) is 0. The zero-order valence-electron chi connectivity index (χ0n) is 15.0. The van der Waals surface area contributed by atoms with Gasteiger partial charge in [0.25, 0.3) is 0 Å². The predicted molar refractivity (Wildman–Crippen MR) is 94.6 cm³/mol. The van der Waals surface area contributed by atoms with Gasteiger partial charge in [-0.05, 0) is 25.0 Å². The van der Waals surface area contributed by atoms with E-state index in [0.29, 0.717) is 26.1 Å². The number of amides is 2. The van der Waals surface area contributed by atoms with Crippen LogP contribution in [-0.4, -0.2) is 73.0 Å². The molecule has 0 spiro atoms. The normalized spacial score (nSPS) is 20.7. The average molecular weight is 346 g/mol. The molecule has 0 radical (unpaired) electrons. The van der Waals surface area contributed by atoms with Crippen molar-refractivity contribution in [2.45, 2.75) is 31.8 Å². The molecule has 136 valence electrons. The molecular formula is C18H26N4O3. The number of carbonyl (C=O) groups excluding carboxylic acids is 2. The first-order chi connectivity index (χ1) is 12.0. The lowest BCUT2D eigenvalue weighted by Gasteiger charge is -2.28. The number of piperidine rings is 1. The third-order valence-corrected chi connectivity index (χ3v) is 4.71. The van der Waals surface area contributed by atoms with Crippen LogP contribution in [-0.2, 0) is 9.59 Å². The van der Waals surface area contributed by atoms with Crippen LogP contribution >= 0.6 is 0 Å². The summed E-state index contributed by atoms with van der Waals surface area (Å²) in [6, 6.07) is 3.75. The third kappa shape index (κ3) is 4.21. The fraction of sp³-hybridized carbons (Fsp3) is 0.611. The van der Waals surface area contributed by atoms with E-state index in [1.807, 2.05) is 31.1 Å². The van der Waals surface area contributed by atoms with Gasteiger partial charge in [0.05, 0.1) is 13.1 Å². The summed E-state index contributed by atoms with van der Waals surface area (Å²) in [5.74, 6) is 1.63. The van der Waals surface area contributed by atoms with E-state index in [0.717, 1.165) is 30.8 Å². The second kappa shape index (κ2) is 7.72. The van der Waals surface area contributed by atoms with E-state index in [-0.39, 0.29) is 24.5 Å². The highest BCUT2D eigenvalue weighted by atomic mass is 16.5. The molecule has 1 unspecified atom stereocenters. The Morgan fingerprint density at radius 1 is 1.36 bits per heavy atom. The fourth-order valence-electron chi connectivity index (χ4n) is 3.33. The number of ether oxygens (including phenoxy) is 1. The Morgan fingerprint density at radius 3 is 2.96 bits per heavy atom. The average Bonchev–Trinajstić information content (AvgIpc) is 3.06. The van der Waals surface area contributed by atoms with Gasteiger partial charge in [-0.2, -0.15) is 0 Å².